The van der Waals surface area contributed by atoms with Crippen molar-refractivity contribution in [2.24, 2.45) is 0 Å². The van der Waals surface area contributed by atoms with Crippen LogP contribution in [-0.2, 0) is 17.8 Å². The monoisotopic (exact) mass is 265 g/mol. The average molecular weight is 265 g/mol. The third-order valence-corrected chi connectivity index (χ3v) is 3.66. The van der Waals surface area contributed by atoms with Crippen molar-refractivity contribution in [1.82, 2.24) is 14.8 Å². The van der Waals surface area contributed by atoms with E-state index in [1.165, 1.54) is 12.1 Å². The minimum absolute atomic E-state index is 0.517. The van der Waals surface area contributed by atoms with Crippen LogP contribution >= 0.6 is 0 Å². The summed E-state index contributed by atoms with van der Waals surface area (Å²) in [7, 11) is 0. The number of hydrogen-bond acceptors (Lipinski definition) is 3. The fourth-order valence-electron chi connectivity index (χ4n) is 2.58. The molecule has 2 heterocycles. The molecule has 0 amide bonds. The van der Waals surface area contributed by atoms with Crippen molar-refractivity contribution in [3.63, 3.8) is 0 Å². The molecule has 0 spiro atoms. The molecule has 4 heteroatoms. The second-order valence-corrected chi connectivity index (χ2v) is 5.39. The molecule has 1 unspecified atom stereocenters. The van der Waals surface area contributed by atoms with Crippen LogP contribution < -0.4 is 5.32 Å². The maximum atomic E-state index is 5.38. The zero-order valence-electron chi connectivity index (χ0n) is 12.3. The number of nitrogens with zero attached hydrogens (tertiary/aromatic N) is 2. The fourth-order valence-corrected chi connectivity index (χ4v) is 2.58. The van der Waals surface area contributed by atoms with Gasteiger partial charge in [0.15, 0.2) is 0 Å². The Hall–Kier alpha value is -0.840. The van der Waals surface area contributed by atoms with Gasteiger partial charge in [0.25, 0.3) is 0 Å². The zero-order chi connectivity index (χ0) is 13.5. The van der Waals surface area contributed by atoms with Crippen molar-refractivity contribution < 1.29 is 4.74 Å². The van der Waals surface area contributed by atoms with Gasteiger partial charge in [-0.25, -0.2) is 0 Å². The first kappa shape index (κ1) is 14.6. The van der Waals surface area contributed by atoms with Gasteiger partial charge in [-0.2, -0.15) is 0 Å². The van der Waals surface area contributed by atoms with E-state index in [-0.39, 0.29) is 0 Å². The molecule has 0 bridgehead atoms. The summed E-state index contributed by atoms with van der Waals surface area (Å²) < 4.78 is 7.72. The van der Waals surface area contributed by atoms with Gasteiger partial charge in [0, 0.05) is 50.7 Å². The Kier molecular flexibility index (Phi) is 5.89. The van der Waals surface area contributed by atoms with Crippen LogP contribution in [0.15, 0.2) is 18.3 Å². The third-order valence-electron chi connectivity index (χ3n) is 3.66. The first-order valence-corrected chi connectivity index (χ1v) is 7.47. The molecule has 1 aromatic heterocycles. The van der Waals surface area contributed by atoms with Crippen molar-refractivity contribution in [2.45, 2.75) is 39.4 Å². The average Bonchev–Trinajstić information content (AvgIpc) is 2.85. The van der Waals surface area contributed by atoms with Crippen molar-refractivity contribution >= 4 is 0 Å². The summed E-state index contributed by atoms with van der Waals surface area (Å²) >= 11 is 0. The van der Waals surface area contributed by atoms with E-state index in [1.54, 1.807) is 0 Å². The molecular formula is C15H27N3O. The minimum atomic E-state index is 0.517. The van der Waals surface area contributed by atoms with Crippen LogP contribution in [0.4, 0.5) is 0 Å². The predicted molar refractivity (Wildman–Crippen MR) is 78.3 cm³/mol. The van der Waals surface area contributed by atoms with Crippen molar-refractivity contribution in [1.29, 1.82) is 0 Å². The van der Waals surface area contributed by atoms with Crippen LogP contribution in [0, 0.1) is 0 Å². The fraction of sp³-hybridized carbons (Fsp3) is 0.733. The van der Waals surface area contributed by atoms with Crippen LogP contribution in [0.3, 0.4) is 0 Å². The predicted octanol–water partition coefficient (Wildman–Crippen LogP) is 1.71. The molecule has 2 rings (SSSR count). The number of ether oxygens (including phenoxy) is 1. The van der Waals surface area contributed by atoms with Crippen LogP contribution in [0.2, 0.25) is 0 Å². The summed E-state index contributed by atoms with van der Waals surface area (Å²) in [5.74, 6) is 0. The van der Waals surface area contributed by atoms with Gasteiger partial charge in [-0.1, -0.05) is 6.92 Å². The second kappa shape index (κ2) is 7.68. The number of aromatic nitrogens is 1. The van der Waals surface area contributed by atoms with Crippen molar-refractivity contribution in [3.05, 3.63) is 24.0 Å². The molecule has 1 saturated heterocycles. The summed E-state index contributed by atoms with van der Waals surface area (Å²) in [5, 5.41) is 3.63. The van der Waals surface area contributed by atoms with Crippen LogP contribution in [0.5, 0.6) is 0 Å². The van der Waals surface area contributed by atoms with E-state index in [0.29, 0.717) is 6.04 Å². The maximum Gasteiger partial charge on any atom is 0.0594 e. The first-order valence-electron chi connectivity index (χ1n) is 7.47. The normalized spacial score (nSPS) is 18.6. The smallest absolute Gasteiger partial charge is 0.0594 e. The van der Waals surface area contributed by atoms with Gasteiger partial charge in [0.1, 0.15) is 0 Å². The molecule has 1 aromatic rings. The van der Waals surface area contributed by atoms with Gasteiger partial charge < -0.3 is 14.6 Å². The Morgan fingerprint density at radius 2 is 2.16 bits per heavy atom. The number of nitrogens with one attached hydrogen (secondary N) is 1. The number of rotatable bonds is 7. The van der Waals surface area contributed by atoms with E-state index >= 15 is 0 Å². The highest BCUT2D eigenvalue weighted by molar-refractivity contribution is 5.07. The molecule has 0 aromatic carbocycles. The van der Waals surface area contributed by atoms with Gasteiger partial charge in [-0.3, -0.25) is 4.90 Å². The summed E-state index contributed by atoms with van der Waals surface area (Å²) in [4.78, 5) is 2.48. The Morgan fingerprint density at radius 1 is 1.37 bits per heavy atom. The number of hydrogen-bond donors (Lipinski definition) is 1. The molecule has 0 saturated carbocycles. The second-order valence-electron chi connectivity index (χ2n) is 5.39. The van der Waals surface area contributed by atoms with E-state index in [9.17, 15) is 0 Å². The molecule has 1 aliphatic rings. The Morgan fingerprint density at radius 3 is 2.89 bits per heavy atom. The lowest BCUT2D eigenvalue weighted by molar-refractivity contribution is 0.0343. The summed E-state index contributed by atoms with van der Waals surface area (Å²) in [6.07, 6.45) is 3.36. The molecule has 0 aliphatic carbocycles. The molecule has 1 aliphatic heterocycles. The lowest BCUT2D eigenvalue weighted by atomic mass is 10.2. The highest BCUT2D eigenvalue weighted by Gasteiger charge is 2.13. The standard InChI is InChI=1S/C15H27N3O/c1-3-6-18-7-4-5-15(18)12-16-14(2)13-17-8-10-19-11-9-17/h4-5,7,14,16H,3,6,8-13H2,1-2H3. The van der Waals surface area contributed by atoms with Crippen LogP contribution in [0.1, 0.15) is 26.0 Å². The number of morpholine rings is 1. The summed E-state index contributed by atoms with van der Waals surface area (Å²) in [6, 6.07) is 4.87. The van der Waals surface area contributed by atoms with Gasteiger partial charge in [0.05, 0.1) is 13.2 Å². The van der Waals surface area contributed by atoms with E-state index < -0.39 is 0 Å². The summed E-state index contributed by atoms with van der Waals surface area (Å²) in [6.45, 7) is 11.6. The quantitative estimate of drug-likeness (QED) is 0.814. The Balaban J connectivity index is 1.72. The van der Waals surface area contributed by atoms with E-state index in [2.05, 4.69) is 47.0 Å². The SMILES string of the molecule is CCCn1cccc1CNC(C)CN1CCOCC1. The highest BCUT2D eigenvalue weighted by atomic mass is 16.5. The van der Waals surface area contributed by atoms with Gasteiger partial charge in [-0.05, 0) is 25.5 Å². The Labute approximate surface area is 116 Å². The van der Waals surface area contributed by atoms with Crippen LogP contribution in [0.25, 0.3) is 0 Å². The van der Waals surface area contributed by atoms with E-state index in [4.69, 9.17) is 4.74 Å². The Bertz CT molecular complexity index is 358. The lowest BCUT2D eigenvalue weighted by Crippen LogP contribution is -2.44. The molecule has 1 atom stereocenters. The molecular weight excluding hydrogens is 238 g/mol. The largest absolute Gasteiger partial charge is 0.379 e. The molecule has 1 fully saturated rings. The molecule has 19 heavy (non-hydrogen) atoms. The number of aryl methyl sites for hydroxylation is 1. The first-order chi connectivity index (χ1) is 9.29. The minimum Gasteiger partial charge on any atom is -0.379 e. The van der Waals surface area contributed by atoms with Gasteiger partial charge in [0.2, 0.25) is 0 Å². The third kappa shape index (κ3) is 4.64. The molecule has 1 N–H and O–H groups in total. The maximum absolute atomic E-state index is 5.38. The van der Waals surface area contributed by atoms with Gasteiger partial charge >= 0.3 is 0 Å². The lowest BCUT2D eigenvalue weighted by Gasteiger charge is -2.29. The van der Waals surface area contributed by atoms with Gasteiger partial charge in [-0.15, -0.1) is 0 Å². The zero-order valence-corrected chi connectivity index (χ0v) is 12.3. The topological polar surface area (TPSA) is 29.4 Å². The molecule has 0 radical (unpaired) electrons. The highest BCUT2D eigenvalue weighted by Crippen LogP contribution is 2.04. The summed E-state index contributed by atoms with van der Waals surface area (Å²) in [5.41, 5.74) is 1.38. The van der Waals surface area contributed by atoms with Crippen LogP contribution in [-0.4, -0.2) is 48.4 Å². The van der Waals surface area contributed by atoms with Crippen molar-refractivity contribution in [3.8, 4) is 0 Å². The molecule has 4 nitrogen and oxygen atoms in total. The van der Waals surface area contributed by atoms with E-state index in [1.807, 2.05) is 0 Å². The van der Waals surface area contributed by atoms with Crippen molar-refractivity contribution in [2.75, 3.05) is 32.8 Å². The van der Waals surface area contributed by atoms with E-state index in [0.717, 1.165) is 45.9 Å². The molecule has 108 valence electrons.